The zero-order valence-corrected chi connectivity index (χ0v) is 15.9. The van der Waals surface area contributed by atoms with Gasteiger partial charge in [-0.1, -0.05) is 58.6 Å². The van der Waals surface area contributed by atoms with E-state index in [0.717, 1.165) is 35.5 Å². The van der Waals surface area contributed by atoms with Crippen molar-refractivity contribution < 1.29 is 0 Å². The maximum Gasteiger partial charge on any atom is -0.0172 e. The Morgan fingerprint density at radius 1 is 0.909 bits per heavy atom. The van der Waals surface area contributed by atoms with Crippen LogP contribution in [-0.2, 0) is 0 Å². The summed E-state index contributed by atoms with van der Waals surface area (Å²) in [4.78, 5) is 0. The molecule has 0 heterocycles. The number of fused-ring (bicyclic) bond motifs is 3. The molecule has 0 amide bonds. The molecule has 6 atom stereocenters. The van der Waals surface area contributed by atoms with Gasteiger partial charge in [0.25, 0.3) is 0 Å². The molecule has 22 heavy (non-hydrogen) atoms. The van der Waals surface area contributed by atoms with Crippen molar-refractivity contribution in [2.45, 2.75) is 92.4 Å². The van der Waals surface area contributed by atoms with Crippen LogP contribution in [0.25, 0.3) is 0 Å². The van der Waals surface area contributed by atoms with Crippen LogP contribution in [0.1, 0.15) is 92.4 Å². The molecule has 3 rings (SSSR count). The second-order valence-corrected chi connectivity index (χ2v) is 7.78. The Morgan fingerprint density at radius 2 is 1.64 bits per heavy atom. The van der Waals surface area contributed by atoms with E-state index in [4.69, 9.17) is 0 Å². The number of allylic oxidation sites excluding steroid dienone is 2. The van der Waals surface area contributed by atoms with Crippen molar-refractivity contribution in [1.82, 2.24) is 0 Å². The average Bonchev–Trinajstić information content (AvgIpc) is 3.00. The summed E-state index contributed by atoms with van der Waals surface area (Å²) in [5.74, 6) is 6.35. The molecule has 0 aliphatic heterocycles. The first-order valence-corrected chi connectivity index (χ1v) is 10.4. The van der Waals surface area contributed by atoms with Gasteiger partial charge >= 0.3 is 0 Å². The van der Waals surface area contributed by atoms with E-state index in [1.165, 1.54) is 44.9 Å². The smallest absolute Gasteiger partial charge is 0.0172 e. The van der Waals surface area contributed by atoms with E-state index < -0.39 is 0 Å². The molecule has 0 aromatic heterocycles. The zero-order chi connectivity index (χ0) is 16.1. The second-order valence-electron chi connectivity index (χ2n) is 7.78. The van der Waals surface area contributed by atoms with Crippen LogP contribution in [0.15, 0.2) is 11.6 Å². The highest BCUT2D eigenvalue weighted by atomic mass is 14.5. The van der Waals surface area contributed by atoms with Gasteiger partial charge in [-0.2, -0.15) is 0 Å². The van der Waals surface area contributed by atoms with Gasteiger partial charge in [0.15, 0.2) is 0 Å². The quantitative estimate of drug-likeness (QED) is 0.482. The minimum absolute atomic E-state index is 0.988. The number of hydrogen-bond acceptors (Lipinski definition) is 0. The highest BCUT2D eigenvalue weighted by Gasteiger charge is 2.48. The lowest BCUT2D eigenvalue weighted by Crippen LogP contribution is -2.42. The standard InChI is InChI=1S/C20H34.C2H6/c1-4-7-16-14(5-2)9-11-20-18-10-8-15(6-3)17(18)12-13-19(16)20;1-2/h6,14,16-20H,4-5,7-13H2,1-3H3;1-2H3/b15-6-;. The molecule has 0 heteroatoms. The van der Waals surface area contributed by atoms with E-state index in [1.54, 1.807) is 12.8 Å². The van der Waals surface area contributed by atoms with Crippen LogP contribution < -0.4 is 0 Å². The third-order valence-corrected chi connectivity index (χ3v) is 7.21. The molecular weight excluding hydrogens is 264 g/mol. The summed E-state index contributed by atoms with van der Waals surface area (Å²) >= 11 is 0. The minimum atomic E-state index is 0.988. The van der Waals surface area contributed by atoms with Crippen molar-refractivity contribution in [3.05, 3.63) is 11.6 Å². The van der Waals surface area contributed by atoms with Crippen molar-refractivity contribution in [2.24, 2.45) is 35.5 Å². The van der Waals surface area contributed by atoms with Crippen LogP contribution >= 0.6 is 0 Å². The molecular formula is C22H40. The lowest BCUT2D eigenvalue weighted by Gasteiger charge is -2.50. The normalized spacial score (nSPS) is 42.3. The molecule has 0 saturated heterocycles. The third-order valence-electron chi connectivity index (χ3n) is 7.21. The van der Waals surface area contributed by atoms with E-state index in [-0.39, 0.29) is 0 Å². The molecule has 3 aliphatic rings. The molecule has 3 fully saturated rings. The van der Waals surface area contributed by atoms with Gasteiger partial charge in [-0.3, -0.25) is 0 Å². The van der Waals surface area contributed by atoms with Gasteiger partial charge in [-0.15, -0.1) is 0 Å². The summed E-state index contributed by atoms with van der Waals surface area (Å²) in [5.41, 5.74) is 1.82. The maximum atomic E-state index is 2.45. The molecule has 0 bridgehead atoms. The van der Waals surface area contributed by atoms with Crippen LogP contribution in [-0.4, -0.2) is 0 Å². The molecule has 0 N–H and O–H groups in total. The molecule has 0 radical (unpaired) electrons. The van der Waals surface area contributed by atoms with Crippen LogP contribution in [0.4, 0.5) is 0 Å². The van der Waals surface area contributed by atoms with E-state index in [9.17, 15) is 0 Å². The van der Waals surface area contributed by atoms with Gasteiger partial charge < -0.3 is 0 Å². The third kappa shape index (κ3) is 3.31. The highest BCUT2D eigenvalue weighted by molar-refractivity contribution is 5.16. The van der Waals surface area contributed by atoms with Gasteiger partial charge in [-0.25, -0.2) is 0 Å². The SMILES string of the molecule is C/C=C1/CCC2C1CCC1C(CCC)C(CC)CCC21.CC. The van der Waals surface area contributed by atoms with E-state index in [0.29, 0.717) is 0 Å². The molecule has 6 unspecified atom stereocenters. The Kier molecular flexibility index (Phi) is 7.03. The Balaban J connectivity index is 0.000000847. The average molecular weight is 305 g/mol. The Bertz CT molecular complexity index is 353. The Labute approximate surface area is 140 Å². The van der Waals surface area contributed by atoms with Gasteiger partial charge in [0.2, 0.25) is 0 Å². The lowest BCUT2D eigenvalue weighted by molar-refractivity contribution is -0.00135. The van der Waals surface area contributed by atoms with E-state index >= 15 is 0 Å². The molecule has 128 valence electrons. The summed E-state index contributed by atoms with van der Waals surface area (Å²) < 4.78 is 0. The van der Waals surface area contributed by atoms with Crippen LogP contribution in [0.5, 0.6) is 0 Å². The Hall–Kier alpha value is -0.260. The van der Waals surface area contributed by atoms with E-state index in [2.05, 4.69) is 26.8 Å². The maximum absolute atomic E-state index is 2.45. The first-order chi connectivity index (χ1) is 10.8. The molecule has 0 aromatic carbocycles. The summed E-state index contributed by atoms with van der Waals surface area (Å²) in [7, 11) is 0. The fourth-order valence-corrected chi connectivity index (χ4v) is 6.39. The lowest BCUT2D eigenvalue weighted by atomic mass is 9.55. The first kappa shape index (κ1) is 18.1. The predicted molar refractivity (Wildman–Crippen MR) is 98.9 cm³/mol. The van der Waals surface area contributed by atoms with Gasteiger partial charge in [0, 0.05) is 0 Å². The molecule has 3 saturated carbocycles. The van der Waals surface area contributed by atoms with Gasteiger partial charge in [-0.05, 0) is 81.0 Å². The molecule has 0 aromatic rings. The monoisotopic (exact) mass is 304 g/mol. The summed E-state index contributed by atoms with van der Waals surface area (Å²) in [6.07, 6.45) is 15.9. The van der Waals surface area contributed by atoms with E-state index in [1.807, 2.05) is 19.4 Å². The fourth-order valence-electron chi connectivity index (χ4n) is 6.39. The zero-order valence-electron chi connectivity index (χ0n) is 15.9. The van der Waals surface area contributed by atoms with Crippen molar-refractivity contribution >= 4 is 0 Å². The van der Waals surface area contributed by atoms with Gasteiger partial charge in [0.05, 0.1) is 0 Å². The topological polar surface area (TPSA) is 0 Å². The Morgan fingerprint density at radius 3 is 2.27 bits per heavy atom. The minimum Gasteiger partial charge on any atom is -0.0882 e. The van der Waals surface area contributed by atoms with Crippen LogP contribution in [0, 0.1) is 35.5 Å². The van der Waals surface area contributed by atoms with Crippen molar-refractivity contribution in [3.8, 4) is 0 Å². The highest BCUT2D eigenvalue weighted by Crippen LogP contribution is 2.57. The van der Waals surface area contributed by atoms with Crippen molar-refractivity contribution in [2.75, 3.05) is 0 Å². The molecule has 0 spiro atoms. The molecule has 0 nitrogen and oxygen atoms in total. The molecule has 3 aliphatic carbocycles. The van der Waals surface area contributed by atoms with Crippen molar-refractivity contribution in [3.63, 3.8) is 0 Å². The number of rotatable bonds is 3. The van der Waals surface area contributed by atoms with Crippen LogP contribution in [0.2, 0.25) is 0 Å². The number of hydrogen-bond donors (Lipinski definition) is 0. The summed E-state index contributed by atoms with van der Waals surface area (Å²) in [6.45, 7) is 11.1. The second kappa shape index (κ2) is 8.55. The fraction of sp³-hybridized carbons (Fsp3) is 0.909. The summed E-state index contributed by atoms with van der Waals surface area (Å²) in [5, 5.41) is 0. The largest absolute Gasteiger partial charge is 0.0882 e. The summed E-state index contributed by atoms with van der Waals surface area (Å²) in [6, 6.07) is 0. The first-order valence-electron chi connectivity index (χ1n) is 10.4. The predicted octanol–water partition coefficient (Wildman–Crippen LogP) is 7.25. The van der Waals surface area contributed by atoms with Gasteiger partial charge in [0.1, 0.15) is 0 Å². The van der Waals surface area contributed by atoms with Crippen LogP contribution in [0.3, 0.4) is 0 Å². The van der Waals surface area contributed by atoms with Crippen molar-refractivity contribution in [1.29, 1.82) is 0 Å².